The van der Waals surface area contributed by atoms with E-state index in [4.69, 9.17) is 9.84 Å². The zero-order chi connectivity index (χ0) is 14.5. The SMILES string of the molecule is CC(C)Cc1c(C(=O)O)nnn1CCCC1CCCO1. The van der Waals surface area contributed by atoms with Crippen molar-refractivity contribution in [3.8, 4) is 0 Å². The summed E-state index contributed by atoms with van der Waals surface area (Å²) >= 11 is 0. The summed E-state index contributed by atoms with van der Waals surface area (Å²) in [6, 6.07) is 0. The smallest absolute Gasteiger partial charge is 0.358 e. The summed E-state index contributed by atoms with van der Waals surface area (Å²) in [7, 11) is 0. The number of ether oxygens (including phenoxy) is 1. The fourth-order valence-corrected chi connectivity index (χ4v) is 2.61. The third-order valence-corrected chi connectivity index (χ3v) is 3.56. The maximum atomic E-state index is 11.2. The van der Waals surface area contributed by atoms with E-state index in [0.29, 0.717) is 25.0 Å². The van der Waals surface area contributed by atoms with Crippen molar-refractivity contribution >= 4 is 5.97 Å². The maximum Gasteiger partial charge on any atom is 0.358 e. The predicted molar refractivity (Wildman–Crippen MR) is 73.7 cm³/mol. The van der Waals surface area contributed by atoms with Crippen LogP contribution in [0.25, 0.3) is 0 Å². The number of carbonyl (C=O) groups is 1. The van der Waals surface area contributed by atoms with Crippen molar-refractivity contribution in [1.29, 1.82) is 0 Å². The number of carboxylic acids is 1. The second-order valence-corrected chi connectivity index (χ2v) is 5.79. The molecule has 2 rings (SSSR count). The average Bonchev–Trinajstić information content (AvgIpc) is 2.99. The minimum absolute atomic E-state index is 0.0933. The van der Waals surface area contributed by atoms with Gasteiger partial charge in [0, 0.05) is 13.2 Å². The second kappa shape index (κ2) is 6.83. The molecule has 0 saturated carbocycles. The van der Waals surface area contributed by atoms with Crippen LogP contribution in [0.4, 0.5) is 0 Å². The number of hydrogen-bond acceptors (Lipinski definition) is 4. The Hall–Kier alpha value is -1.43. The van der Waals surface area contributed by atoms with E-state index < -0.39 is 5.97 Å². The van der Waals surface area contributed by atoms with E-state index >= 15 is 0 Å². The molecule has 20 heavy (non-hydrogen) atoms. The quantitative estimate of drug-likeness (QED) is 0.828. The van der Waals surface area contributed by atoms with Crippen molar-refractivity contribution in [3.63, 3.8) is 0 Å². The largest absolute Gasteiger partial charge is 0.476 e. The molecule has 1 saturated heterocycles. The highest BCUT2D eigenvalue weighted by Crippen LogP contribution is 2.18. The number of aromatic carboxylic acids is 1. The van der Waals surface area contributed by atoms with Gasteiger partial charge in [-0.15, -0.1) is 5.10 Å². The van der Waals surface area contributed by atoms with Crippen molar-refractivity contribution in [3.05, 3.63) is 11.4 Å². The Bertz CT molecular complexity index is 451. The lowest BCUT2D eigenvalue weighted by atomic mass is 10.1. The summed E-state index contributed by atoms with van der Waals surface area (Å²) in [5, 5.41) is 17.0. The number of aryl methyl sites for hydroxylation is 1. The number of rotatable bonds is 7. The summed E-state index contributed by atoms with van der Waals surface area (Å²) in [5.74, 6) is -0.616. The Balaban J connectivity index is 1.96. The topological polar surface area (TPSA) is 77.2 Å². The summed E-state index contributed by atoms with van der Waals surface area (Å²) in [4.78, 5) is 11.2. The molecular formula is C14H23N3O3. The molecule has 0 radical (unpaired) electrons. The van der Waals surface area contributed by atoms with E-state index in [1.165, 1.54) is 0 Å². The lowest BCUT2D eigenvalue weighted by molar-refractivity contribution is 0.0688. The highest BCUT2D eigenvalue weighted by atomic mass is 16.5. The Kier molecular flexibility index (Phi) is 5.11. The van der Waals surface area contributed by atoms with E-state index in [1.54, 1.807) is 4.68 Å². The number of nitrogens with zero attached hydrogens (tertiary/aromatic N) is 3. The molecule has 0 amide bonds. The fraction of sp³-hybridized carbons (Fsp3) is 0.786. The van der Waals surface area contributed by atoms with Crippen LogP contribution in [-0.2, 0) is 17.7 Å². The second-order valence-electron chi connectivity index (χ2n) is 5.79. The lowest BCUT2D eigenvalue weighted by Crippen LogP contribution is -2.13. The van der Waals surface area contributed by atoms with E-state index in [9.17, 15) is 4.79 Å². The van der Waals surface area contributed by atoms with Crippen LogP contribution < -0.4 is 0 Å². The van der Waals surface area contributed by atoms with Gasteiger partial charge in [-0.3, -0.25) is 0 Å². The number of aromatic nitrogens is 3. The van der Waals surface area contributed by atoms with Gasteiger partial charge in [0.15, 0.2) is 5.69 Å². The minimum atomic E-state index is -0.994. The number of hydrogen-bond donors (Lipinski definition) is 1. The van der Waals surface area contributed by atoms with Gasteiger partial charge in [-0.25, -0.2) is 9.48 Å². The summed E-state index contributed by atoms with van der Waals surface area (Å²) < 4.78 is 7.34. The van der Waals surface area contributed by atoms with Crippen LogP contribution in [0.15, 0.2) is 0 Å². The minimum Gasteiger partial charge on any atom is -0.476 e. The Morgan fingerprint density at radius 3 is 2.95 bits per heavy atom. The molecule has 0 aromatic carbocycles. The summed E-state index contributed by atoms with van der Waals surface area (Å²) in [6.45, 7) is 5.71. The molecule has 1 aromatic rings. The van der Waals surface area contributed by atoms with Crippen molar-refractivity contribution in [2.45, 2.75) is 58.6 Å². The van der Waals surface area contributed by atoms with Gasteiger partial charge in [-0.2, -0.15) is 0 Å². The highest BCUT2D eigenvalue weighted by Gasteiger charge is 2.20. The predicted octanol–water partition coefficient (Wildman–Crippen LogP) is 2.13. The van der Waals surface area contributed by atoms with E-state index in [0.717, 1.165) is 38.0 Å². The molecule has 112 valence electrons. The van der Waals surface area contributed by atoms with Gasteiger partial charge < -0.3 is 9.84 Å². The monoisotopic (exact) mass is 281 g/mol. The van der Waals surface area contributed by atoms with Crippen LogP contribution >= 0.6 is 0 Å². The molecule has 1 N–H and O–H groups in total. The van der Waals surface area contributed by atoms with Gasteiger partial charge in [0.25, 0.3) is 0 Å². The van der Waals surface area contributed by atoms with E-state index in [-0.39, 0.29) is 5.69 Å². The van der Waals surface area contributed by atoms with Gasteiger partial charge in [-0.1, -0.05) is 19.1 Å². The van der Waals surface area contributed by atoms with Gasteiger partial charge in [-0.05, 0) is 38.0 Å². The molecule has 1 aliphatic heterocycles. The first-order valence-electron chi connectivity index (χ1n) is 7.35. The van der Waals surface area contributed by atoms with Crippen LogP contribution in [0.1, 0.15) is 55.7 Å². The Morgan fingerprint density at radius 2 is 2.35 bits per heavy atom. The lowest BCUT2D eigenvalue weighted by Gasteiger charge is -2.11. The number of carboxylic acid groups (broad SMARTS) is 1. The van der Waals surface area contributed by atoms with Crippen LogP contribution in [-0.4, -0.2) is 38.8 Å². The summed E-state index contributed by atoms with van der Waals surface area (Å²) in [5.41, 5.74) is 0.829. The highest BCUT2D eigenvalue weighted by molar-refractivity contribution is 5.86. The Labute approximate surface area is 119 Å². The van der Waals surface area contributed by atoms with Gasteiger partial charge in [0.1, 0.15) is 0 Å². The molecule has 6 heteroatoms. The average molecular weight is 281 g/mol. The van der Waals surface area contributed by atoms with E-state index in [2.05, 4.69) is 24.2 Å². The first kappa shape index (κ1) is 15.0. The van der Waals surface area contributed by atoms with Crippen molar-refractivity contribution < 1.29 is 14.6 Å². The maximum absolute atomic E-state index is 11.2. The van der Waals surface area contributed by atoms with E-state index in [1.807, 2.05) is 0 Å². The molecule has 6 nitrogen and oxygen atoms in total. The first-order chi connectivity index (χ1) is 9.58. The molecule has 1 atom stereocenters. The van der Waals surface area contributed by atoms with Crippen LogP contribution in [0, 0.1) is 5.92 Å². The molecule has 0 aliphatic carbocycles. The van der Waals surface area contributed by atoms with Gasteiger partial charge in [0.05, 0.1) is 11.8 Å². The van der Waals surface area contributed by atoms with Crippen LogP contribution in [0.5, 0.6) is 0 Å². The molecule has 0 spiro atoms. The molecule has 1 aliphatic rings. The van der Waals surface area contributed by atoms with Gasteiger partial charge >= 0.3 is 5.97 Å². The third kappa shape index (κ3) is 3.79. The third-order valence-electron chi connectivity index (χ3n) is 3.56. The molecule has 2 heterocycles. The normalized spacial score (nSPS) is 18.9. The van der Waals surface area contributed by atoms with Crippen LogP contribution in [0.2, 0.25) is 0 Å². The van der Waals surface area contributed by atoms with Crippen molar-refractivity contribution in [2.24, 2.45) is 5.92 Å². The fourth-order valence-electron chi connectivity index (χ4n) is 2.61. The molecule has 0 bridgehead atoms. The first-order valence-corrected chi connectivity index (χ1v) is 7.35. The summed E-state index contributed by atoms with van der Waals surface area (Å²) in [6.07, 6.45) is 5.29. The zero-order valence-electron chi connectivity index (χ0n) is 12.2. The van der Waals surface area contributed by atoms with Gasteiger partial charge in [0.2, 0.25) is 0 Å². The zero-order valence-corrected chi connectivity index (χ0v) is 12.2. The molecule has 1 unspecified atom stereocenters. The molecule has 1 fully saturated rings. The van der Waals surface area contributed by atoms with Crippen LogP contribution in [0.3, 0.4) is 0 Å². The van der Waals surface area contributed by atoms with Crippen molar-refractivity contribution in [2.75, 3.05) is 6.61 Å². The van der Waals surface area contributed by atoms with Crippen molar-refractivity contribution in [1.82, 2.24) is 15.0 Å². The molecule has 1 aromatic heterocycles. The standard InChI is InChI=1S/C14H23N3O3/c1-10(2)9-12-13(14(18)19)15-16-17(12)7-3-5-11-6-4-8-20-11/h10-11H,3-9H2,1-2H3,(H,18,19). The Morgan fingerprint density at radius 1 is 1.55 bits per heavy atom. The molecular weight excluding hydrogens is 258 g/mol.